The molecule has 0 radical (unpaired) electrons. The zero-order valence-corrected chi connectivity index (χ0v) is 17.3. The monoisotopic (exact) mass is 414 g/mol. The van der Waals surface area contributed by atoms with Crippen LogP contribution in [0.1, 0.15) is 24.2 Å². The van der Waals surface area contributed by atoms with Crippen molar-refractivity contribution < 1.29 is 9.59 Å². The number of hydrogen-bond acceptors (Lipinski definition) is 4. The van der Waals surface area contributed by atoms with Gasteiger partial charge in [-0.2, -0.15) is 0 Å². The number of hydrogen-bond donors (Lipinski definition) is 1. The van der Waals surface area contributed by atoms with Crippen molar-refractivity contribution in [3.63, 3.8) is 0 Å². The predicted molar refractivity (Wildman–Crippen MR) is 120 cm³/mol. The maximum absolute atomic E-state index is 13.0. The second kappa shape index (κ2) is 8.39. The van der Waals surface area contributed by atoms with E-state index in [1.165, 1.54) is 17.8 Å². The largest absolute Gasteiger partial charge is 0.332 e. The number of Topliss-reactive ketones (excluding diaryl/α,β-unsaturated/α-hetero) is 1. The van der Waals surface area contributed by atoms with Crippen molar-refractivity contribution in [3.8, 4) is 11.1 Å². The van der Waals surface area contributed by atoms with Gasteiger partial charge in [-0.05, 0) is 43.7 Å². The lowest BCUT2D eigenvalue weighted by Crippen LogP contribution is -2.24. The fourth-order valence-electron chi connectivity index (χ4n) is 3.54. The Balaban J connectivity index is 1.70. The van der Waals surface area contributed by atoms with E-state index in [1.807, 2.05) is 37.3 Å². The first-order valence-electron chi connectivity index (χ1n) is 10.0. The van der Waals surface area contributed by atoms with Crippen molar-refractivity contribution >= 4 is 28.4 Å². The Morgan fingerprint density at radius 3 is 2.35 bits per heavy atom. The molecule has 0 aliphatic carbocycles. The summed E-state index contributed by atoms with van der Waals surface area (Å²) in [5.74, 6) is -0.316. The first-order valence-corrected chi connectivity index (χ1v) is 10.0. The molecule has 0 spiro atoms. The molecule has 0 saturated heterocycles. The average molecular weight is 414 g/mol. The number of nitrogens with zero attached hydrogens (tertiary/aromatic N) is 3. The number of aromatic nitrogens is 3. The quantitative estimate of drug-likeness (QED) is 0.487. The molecular weight excluding hydrogens is 392 g/mol. The van der Waals surface area contributed by atoms with Gasteiger partial charge in [0.15, 0.2) is 5.78 Å². The number of ketones is 1. The fraction of sp³-hybridized carbons (Fsp3) is 0.167. The van der Waals surface area contributed by atoms with Gasteiger partial charge < -0.3 is 9.88 Å². The fourth-order valence-corrected chi connectivity index (χ4v) is 3.54. The van der Waals surface area contributed by atoms with Crippen LogP contribution < -0.4 is 10.9 Å². The Kier molecular flexibility index (Phi) is 5.49. The topological polar surface area (TPSA) is 86.0 Å². The third-order valence-electron chi connectivity index (χ3n) is 5.16. The number of nitrogens with one attached hydrogen (secondary N) is 1. The van der Waals surface area contributed by atoms with Crippen LogP contribution in [-0.4, -0.2) is 25.8 Å². The smallest absolute Gasteiger partial charge is 0.277 e. The summed E-state index contributed by atoms with van der Waals surface area (Å²) in [4.78, 5) is 41.7. The number of benzene rings is 2. The maximum Gasteiger partial charge on any atom is 0.277 e. The molecule has 0 saturated carbocycles. The van der Waals surface area contributed by atoms with Crippen LogP contribution in [0.15, 0.2) is 71.9 Å². The van der Waals surface area contributed by atoms with Gasteiger partial charge in [0, 0.05) is 29.6 Å². The van der Waals surface area contributed by atoms with Gasteiger partial charge in [-0.15, -0.1) is 0 Å². The van der Waals surface area contributed by atoms with Crippen molar-refractivity contribution in [1.29, 1.82) is 0 Å². The highest BCUT2D eigenvalue weighted by atomic mass is 16.2. The second-order valence-electron chi connectivity index (χ2n) is 7.25. The Bertz CT molecular complexity index is 1320. The number of fused-ring (bicyclic) bond motifs is 1. The van der Waals surface area contributed by atoms with Gasteiger partial charge in [0.25, 0.3) is 5.56 Å². The van der Waals surface area contributed by atoms with Crippen LogP contribution in [0.4, 0.5) is 5.69 Å². The van der Waals surface area contributed by atoms with Gasteiger partial charge in [0.2, 0.25) is 5.91 Å². The van der Waals surface area contributed by atoms with E-state index in [0.717, 1.165) is 11.1 Å². The molecule has 0 unspecified atom stereocenters. The summed E-state index contributed by atoms with van der Waals surface area (Å²) < 4.78 is 3.17. The predicted octanol–water partition coefficient (Wildman–Crippen LogP) is 3.73. The molecule has 0 bridgehead atoms. The molecule has 1 amide bonds. The van der Waals surface area contributed by atoms with Gasteiger partial charge in [-0.1, -0.05) is 30.3 Å². The molecular formula is C24H22N4O3. The average Bonchev–Trinajstić information content (AvgIpc) is 3.14. The maximum atomic E-state index is 13.0. The number of carbonyl (C=O) groups excluding carboxylic acids is 2. The molecule has 7 nitrogen and oxygen atoms in total. The highest BCUT2D eigenvalue weighted by Gasteiger charge is 2.18. The van der Waals surface area contributed by atoms with E-state index in [9.17, 15) is 14.4 Å². The van der Waals surface area contributed by atoms with Gasteiger partial charge in [-0.3, -0.25) is 19.0 Å². The number of aryl methyl sites for hydroxylation is 1. The van der Waals surface area contributed by atoms with Crippen molar-refractivity contribution in [3.05, 3.63) is 83.0 Å². The molecule has 156 valence electrons. The number of anilines is 1. The number of carbonyl (C=O) groups is 2. The minimum absolute atomic E-state index is 0.0372. The third kappa shape index (κ3) is 4.02. The molecule has 31 heavy (non-hydrogen) atoms. The van der Waals surface area contributed by atoms with Gasteiger partial charge >= 0.3 is 0 Å². The Labute approximate surface area is 179 Å². The van der Waals surface area contributed by atoms with Gasteiger partial charge in [-0.25, -0.2) is 4.98 Å². The van der Waals surface area contributed by atoms with Crippen LogP contribution in [0, 0.1) is 0 Å². The Morgan fingerprint density at radius 2 is 1.71 bits per heavy atom. The van der Waals surface area contributed by atoms with Gasteiger partial charge in [0.05, 0.1) is 6.33 Å². The van der Waals surface area contributed by atoms with E-state index < -0.39 is 0 Å². The van der Waals surface area contributed by atoms with Crippen molar-refractivity contribution in [1.82, 2.24) is 14.1 Å². The normalized spacial score (nSPS) is 10.9. The number of amides is 1. The highest BCUT2D eigenvalue weighted by Crippen LogP contribution is 2.27. The van der Waals surface area contributed by atoms with Crippen LogP contribution in [-0.2, 0) is 17.9 Å². The van der Waals surface area contributed by atoms with Crippen LogP contribution in [0.25, 0.3) is 22.2 Å². The van der Waals surface area contributed by atoms with Crippen molar-refractivity contribution in [2.24, 2.45) is 0 Å². The van der Waals surface area contributed by atoms with Crippen LogP contribution >= 0.6 is 0 Å². The zero-order chi connectivity index (χ0) is 22.0. The third-order valence-corrected chi connectivity index (χ3v) is 5.16. The summed E-state index contributed by atoms with van der Waals surface area (Å²) in [6.45, 7) is 3.81. The summed E-state index contributed by atoms with van der Waals surface area (Å²) in [6, 6.07) is 16.4. The minimum Gasteiger partial charge on any atom is -0.332 e. The lowest BCUT2D eigenvalue weighted by Gasteiger charge is -2.08. The standard InChI is InChI=1S/C24H22N4O3/c1-3-27-15-25-22-20(18-7-5-4-6-8-18)13-28(23(22)24(27)31)14-21(30)26-19-11-9-17(10-12-19)16(2)29/h4-13,15H,3,14H2,1-2H3,(H,26,30). The molecule has 0 atom stereocenters. The summed E-state index contributed by atoms with van der Waals surface area (Å²) in [7, 11) is 0. The summed E-state index contributed by atoms with van der Waals surface area (Å²) in [5, 5.41) is 2.82. The minimum atomic E-state index is -0.279. The van der Waals surface area contributed by atoms with E-state index in [2.05, 4.69) is 10.3 Å². The van der Waals surface area contributed by atoms with E-state index in [0.29, 0.717) is 28.8 Å². The molecule has 2 aromatic heterocycles. The molecule has 1 N–H and O–H groups in total. The Hall–Kier alpha value is -4.00. The molecule has 2 heterocycles. The first kappa shape index (κ1) is 20.3. The molecule has 2 aromatic carbocycles. The number of rotatable bonds is 6. The molecule has 7 heteroatoms. The van der Waals surface area contributed by atoms with E-state index in [-0.39, 0.29) is 23.8 Å². The highest BCUT2D eigenvalue weighted by molar-refractivity contribution is 5.97. The van der Waals surface area contributed by atoms with Crippen LogP contribution in [0.5, 0.6) is 0 Å². The molecule has 0 fully saturated rings. The molecule has 0 aliphatic rings. The first-order chi connectivity index (χ1) is 15.0. The molecule has 4 aromatic rings. The lowest BCUT2D eigenvalue weighted by molar-refractivity contribution is -0.116. The summed E-state index contributed by atoms with van der Waals surface area (Å²) in [5.41, 5.74) is 3.66. The van der Waals surface area contributed by atoms with E-state index >= 15 is 0 Å². The van der Waals surface area contributed by atoms with Crippen molar-refractivity contribution in [2.75, 3.05) is 5.32 Å². The lowest BCUT2D eigenvalue weighted by atomic mass is 10.1. The van der Waals surface area contributed by atoms with Crippen LogP contribution in [0.3, 0.4) is 0 Å². The second-order valence-corrected chi connectivity index (χ2v) is 7.25. The van der Waals surface area contributed by atoms with Crippen LogP contribution in [0.2, 0.25) is 0 Å². The molecule has 4 rings (SSSR count). The summed E-state index contributed by atoms with van der Waals surface area (Å²) in [6.07, 6.45) is 3.34. The Morgan fingerprint density at radius 1 is 1.00 bits per heavy atom. The van der Waals surface area contributed by atoms with E-state index in [1.54, 1.807) is 35.0 Å². The SMILES string of the molecule is CCn1cnc2c(-c3ccccc3)cn(CC(=O)Nc3ccc(C(C)=O)cc3)c2c1=O. The summed E-state index contributed by atoms with van der Waals surface area (Å²) >= 11 is 0. The van der Waals surface area contributed by atoms with Crippen molar-refractivity contribution in [2.45, 2.75) is 26.9 Å². The van der Waals surface area contributed by atoms with Gasteiger partial charge in [0.1, 0.15) is 17.6 Å². The molecule has 0 aliphatic heterocycles. The zero-order valence-electron chi connectivity index (χ0n) is 17.3. The van der Waals surface area contributed by atoms with E-state index in [4.69, 9.17) is 0 Å².